The molecule has 0 spiro atoms. The van der Waals surface area contributed by atoms with Crippen LogP contribution in [0.4, 0.5) is 0 Å². The van der Waals surface area contributed by atoms with E-state index in [1.165, 1.54) is 51.9 Å². The van der Waals surface area contributed by atoms with Gasteiger partial charge in [-0.25, -0.2) is 0 Å². The second-order valence-corrected chi connectivity index (χ2v) is 7.09. The summed E-state index contributed by atoms with van der Waals surface area (Å²) in [5.41, 5.74) is 0.954. The number of esters is 1. The molecule has 0 heterocycles. The van der Waals surface area contributed by atoms with Gasteiger partial charge in [-0.1, -0.05) is 13.3 Å². The Morgan fingerprint density at radius 2 is 1.76 bits per heavy atom. The van der Waals surface area contributed by atoms with E-state index < -0.39 is 0 Å². The van der Waals surface area contributed by atoms with E-state index in [0.717, 1.165) is 11.8 Å². The molecule has 0 saturated heterocycles. The first-order valence-electron chi connectivity index (χ1n) is 7.18. The van der Waals surface area contributed by atoms with Crippen molar-refractivity contribution in [2.45, 2.75) is 58.8 Å². The monoisotopic (exact) mass is 236 g/mol. The SMILES string of the molecule is CCC12CC3CC(C1)CC(COC(C)=O)(C3)C2. The highest BCUT2D eigenvalue weighted by Crippen LogP contribution is 2.66. The van der Waals surface area contributed by atoms with Gasteiger partial charge in [-0.3, -0.25) is 4.79 Å². The van der Waals surface area contributed by atoms with E-state index in [1.807, 2.05) is 0 Å². The van der Waals surface area contributed by atoms with Crippen LogP contribution in [0.5, 0.6) is 0 Å². The maximum Gasteiger partial charge on any atom is 0.302 e. The zero-order valence-corrected chi connectivity index (χ0v) is 11.1. The van der Waals surface area contributed by atoms with Crippen LogP contribution in [0, 0.1) is 22.7 Å². The minimum atomic E-state index is -0.105. The molecule has 17 heavy (non-hydrogen) atoms. The fraction of sp³-hybridized carbons (Fsp3) is 0.933. The lowest BCUT2D eigenvalue weighted by Gasteiger charge is -2.62. The van der Waals surface area contributed by atoms with Gasteiger partial charge in [0.05, 0.1) is 6.61 Å². The number of ether oxygens (including phenoxy) is 1. The molecule has 96 valence electrons. The molecule has 2 atom stereocenters. The predicted octanol–water partition coefficient (Wildman–Crippen LogP) is 3.55. The average Bonchev–Trinajstić information content (AvgIpc) is 2.25. The molecule has 0 aromatic heterocycles. The van der Waals surface area contributed by atoms with E-state index in [0.29, 0.717) is 17.4 Å². The normalized spacial score (nSPS) is 47.2. The first-order valence-corrected chi connectivity index (χ1v) is 7.18. The summed E-state index contributed by atoms with van der Waals surface area (Å²) in [5.74, 6) is 1.74. The highest BCUT2D eigenvalue weighted by molar-refractivity contribution is 5.65. The molecule has 4 fully saturated rings. The molecule has 0 amide bonds. The lowest BCUT2D eigenvalue weighted by Crippen LogP contribution is -2.53. The largest absolute Gasteiger partial charge is 0.465 e. The fourth-order valence-corrected chi connectivity index (χ4v) is 5.49. The van der Waals surface area contributed by atoms with Crippen LogP contribution in [-0.4, -0.2) is 12.6 Å². The number of hydrogen-bond donors (Lipinski definition) is 0. The molecule has 2 heteroatoms. The van der Waals surface area contributed by atoms with Gasteiger partial charge < -0.3 is 4.74 Å². The van der Waals surface area contributed by atoms with Crippen LogP contribution in [-0.2, 0) is 9.53 Å². The van der Waals surface area contributed by atoms with E-state index in [9.17, 15) is 4.79 Å². The number of carbonyl (C=O) groups excluding carboxylic acids is 1. The van der Waals surface area contributed by atoms with Crippen molar-refractivity contribution in [3.8, 4) is 0 Å². The minimum Gasteiger partial charge on any atom is -0.465 e. The third-order valence-corrected chi connectivity index (χ3v) is 5.64. The van der Waals surface area contributed by atoms with Crippen molar-refractivity contribution in [1.82, 2.24) is 0 Å². The van der Waals surface area contributed by atoms with Gasteiger partial charge in [-0.05, 0) is 55.8 Å². The molecule has 4 saturated carbocycles. The molecule has 0 aromatic carbocycles. The lowest BCUT2D eigenvalue weighted by molar-refractivity contribution is -0.163. The Morgan fingerprint density at radius 1 is 1.18 bits per heavy atom. The summed E-state index contributed by atoms with van der Waals surface area (Å²) >= 11 is 0. The molecule has 0 radical (unpaired) electrons. The molecule has 2 unspecified atom stereocenters. The standard InChI is InChI=1S/C15H24O2/c1-3-14-5-12-4-13(6-14)8-15(7-12,9-14)10-17-11(2)16/h12-13H,3-10H2,1-2H3. The second-order valence-electron chi connectivity index (χ2n) is 7.09. The van der Waals surface area contributed by atoms with Crippen LogP contribution in [0.3, 0.4) is 0 Å². The smallest absolute Gasteiger partial charge is 0.302 e. The van der Waals surface area contributed by atoms with E-state index in [1.54, 1.807) is 0 Å². The second kappa shape index (κ2) is 3.73. The molecule has 0 N–H and O–H groups in total. The predicted molar refractivity (Wildman–Crippen MR) is 66.5 cm³/mol. The average molecular weight is 236 g/mol. The zero-order valence-electron chi connectivity index (χ0n) is 11.1. The quantitative estimate of drug-likeness (QED) is 0.700. The van der Waals surface area contributed by atoms with Gasteiger partial charge in [0.25, 0.3) is 0 Å². The van der Waals surface area contributed by atoms with Crippen molar-refractivity contribution < 1.29 is 9.53 Å². The summed E-state index contributed by atoms with van der Waals surface area (Å²) in [6.07, 6.45) is 9.61. The van der Waals surface area contributed by atoms with Gasteiger partial charge in [-0.2, -0.15) is 0 Å². The molecule has 4 rings (SSSR count). The maximum atomic E-state index is 11.1. The number of hydrogen-bond acceptors (Lipinski definition) is 2. The summed E-state index contributed by atoms with van der Waals surface area (Å²) in [4.78, 5) is 11.1. The number of carbonyl (C=O) groups is 1. The summed E-state index contributed by atoms with van der Waals surface area (Å²) in [5, 5.41) is 0. The molecular formula is C15H24O2. The summed E-state index contributed by atoms with van der Waals surface area (Å²) in [6.45, 7) is 4.58. The summed E-state index contributed by atoms with van der Waals surface area (Å²) < 4.78 is 5.38. The van der Waals surface area contributed by atoms with Crippen molar-refractivity contribution >= 4 is 5.97 Å². The van der Waals surface area contributed by atoms with Gasteiger partial charge in [0.1, 0.15) is 0 Å². The van der Waals surface area contributed by atoms with Gasteiger partial charge in [0, 0.05) is 12.3 Å². The maximum absolute atomic E-state index is 11.1. The van der Waals surface area contributed by atoms with Crippen molar-refractivity contribution in [3.63, 3.8) is 0 Å². The molecule has 4 aliphatic carbocycles. The molecular weight excluding hydrogens is 212 g/mol. The Labute approximate surface area is 104 Å². The Bertz CT molecular complexity index is 320. The summed E-state index contributed by atoms with van der Waals surface area (Å²) in [6, 6.07) is 0. The highest BCUT2D eigenvalue weighted by atomic mass is 16.5. The van der Waals surface area contributed by atoms with Crippen LogP contribution in [0.1, 0.15) is 58.8 Å². The van der Waals surface area contributed by atoms with Crippen LogP contribution in [0.2, 0.25) is 0 Å². The van der Waals surface area contributed by atoms with Crippen LogP contribution >= 0.6 is 0 Å². The third kappa shape index (κ3) is 1.90. The Morgan fingerprint density at radius 3 is 2.29 bits per heavy atom. The highest BCUT2D eigenvalue weighted by Gasteiger charge is 2.57. The van der Waals surface area contributed by atoms with E-state index in [2.05, 4.69) is 6.92 Å². The van der Waals surface area contributed by atoms with E-state index in [-0.39, 0.29) is 5.97 Å². The topological polar surface area (TPSA) is 26.3 Å². The molecule has 2 nitrogen and oxygen atoms in total. The van der Waals surface area contributed by atoms with E-state index >= 15 is 0 Å². The first-order chi connectivity index (χ1) is 8.05. The van der Waals surface area contributed by atoms with Gasteiger partial charge in [-0.15, -0.1) is 0 Å². The zero-order chi connectivity index (χ0) is 12.1. The van der Waals surface area contributed by atoms with Crippen molar-refractivity contribution in [2.24, 2.45) is 22.7 Å². The lowest BCUT2D eigenvalue weighted by atomic mass is 9.44. The van der Waals surface area contributed by atoms with Gasteiger partial charge in [0.2, 0.25) is 0 Å². The van der Waals surface area contributed by atoms with E-state index in [4.69, 9.17) is 4.74 Å². The molecule has 4 bridgehead atoms. The minimum absolute atomic E-state index is 0.105. The third-order valence-electron chi connectivity index (χ3n) is 5.64. The van der Waals surface area contributed by atoms with Crippen LogP contribution in [0.25, 0.3) is 0 Å². The molecule has 0 aromatic rings. The molecule has 0 aliphatic heterocycles. The van der Waals surface area contributed by atoms with Crippen LogP contribution in [0.15, 0.2) is 0 Å². The Hall–Kier alpha value is -0.530. The first kappa shape index (κ1) is 11.6. The number of rotatable bonds is 3. The Balaban J connectivity index is 1.80. The summed E-state index contributed by atoms with van der Waals surface area (Å²) in [7, 11) is 0. The van der Waals surface area contributed by atoms with Gasteiger partial charge >= 0.3 is 5.97 Å². The van der Waals surface area contributed by atoms with Crippen LogP contribution < -0.4 is 0 Å². The Kier molecular flexibility index (Phi) is 2.53. The van der Waals surface area contributed by atoms with Crippen molar-refractivity contribution in [1.29, 1.82) is 0 Å². The van der Waals surface area contributed by atoms with Crippen molar-refractivity contribution in [2.75, 3.05) is 6.61 Å². The molecule has 4 aliphatic rings. The fourth-order valence-electron chi connectivity index (χ4n) is 5.49. The van der Waals surface area contributed by atoms with Crippen molar-refractivity contribution in [3.05, 3.63) is 0 Å². The van der Waals surface area contributed by atoms with Gasteiger partial charge in [0.15, 0.2) is 0 Å².